The molecule has 0 radical (unpaired) electrons. The molecule has 1 aromatic carbocycles. The summed E-state index contributed by atoms with van der Waals surface area (Å²) >= 11 is 1.44. The smallest absolute Gasteiger partial charge is 0.185 e. The first kappa shape index (κ1) is 13.1. The van der Waals surface area contributed by atoms with Gasteiger partial charge >= 0.3 is 0 Å². The van der Waals surface area contributed by atoms with E-state index >= 15 is 0 Å². The maximum atomic E-state index is 10.6. The molecule has 0 aliphatic carbocycles. The van der Waals surface area contributed by atoms with Gasteiger partial charge in [0.05, 0.1) is 0 Å². The van der Waals surface area contributed by atoms with Crippen molar-refractivity contribution < 1.29 is 5.11 Å². The fraction of sp³-hybridized carbons (Fsp3) is 0.333. The number of hydrogen-bond acceptors (Lipinski definition) is 5. The molecular weight excluding hydrogens is 248 g/mol. The molecule has 0 saturated heterocycles. The van der Waals surface area contributed by atoms with E-state index in [2.05, 4.69) is 10.1 Å². The van der Waals surface area contributed by atoms with Gasteiger partial charge in [0.25, 0.3) is 0 Å². The molecule has 2 rings (SSSR count). The number of nitrogens with zero attached hydrogens (tertiary/aromatic N) is 3. The van der Waals surface area contributed by atoms with E-state index in [0.29, 0.717) is 5.75 Å². The number of benzene rings is 1. The van der Waals surface area contributed by atoms with Crippen LogP contribution < -0.4 is 5.73 Å². The Morgan fingerprint density at radius 2 is 2.11 bits per heavy atom. The van der Waals surface area contributed by atoms with Gasteiger partial charge in [-0.1, -0.05) is 42.1 Å². The first-order valence-electron chi connectivity index (χ1n) is 5.60. The van der Waals surface area contributed by atoms with Crippen molar-refractivity contribution in [3.63, 3.8) is 0 Å². The molecule has 1 heterocycles. The highest BCUT2D eigenvalue weighted by Gasteiger charge is 2.28. The lowest BCUT2D eigenvalue weighted by atomic mass is 9.96. The van der Waals surface area contributed by atoms with E-state index in [4.69, 9.17) is 5.73 Å². The van der Waals surface area contributed by atoms with Crippen LogP contribution in [-0.4, -0.2) is 32.2 Å². The third kappa shape index (κ3) is 2.72. The van der Waals surface area contributed by atoms with Gasteiger partial charge in [0.2, 0.25) is 0 Å². The van der Waals surface area contributed by atoms with E-state index in [9.17, 15) is 5.11 Å². The zero-order chi connectivity index (χ0) is 13.0. The van der Waals surface area contributed by atoms with Gasteiger partial charge in [0.1, 0.15) is 11.9 Å². The minimum Gasteiger partial charge on any atom is -0.383 e. The quantitative estimate of drug-likeness (QED) is 0.779. The second kappa shape index (κ2) is 5.51. The summed E-state index contributed by atoms with van der Waals surface area (Å²) in [6.45, 7) is 0.169. The summed E-state index contributed by atoms with van der Waals surface area (Å²) in [6, 6.07) is 9.45. The Balaban J connectivity index is 2.12. The summed E-state index contributed by atoms with van der Waals surface area (Å²) in [5.74, 6) is 0.444. The average Bonchev–Trinajstić information content (AvgIpc) is 2.83. The van der Waals surface area contributed by atoms with Gasteiger partial charge in [-0.15, -0.1) is 0 Å². The zero-order valence-corrected chi connectivity index (χ0v) is 11.0. The van der Waals surface area contributed by atoms with E-state index in [0.717, 1.165) is 10.7 Å². The number of aryl methyl sites for hydroxylation is 1. The van der Waals surface area contributed by atoms with Crippen LogP contribution in [0.15, 0.2) is 41.8 Å². The van der Waals surface area contributed by atoms with Crippen LogP contribution in [0.5, 0.6) is 0 Å². The topological polar surface area (TPSA) is 77.0 Å². The summed E-state index contributed by atoms with van der Waals surface area (Å²) in [5.41, 5.74) is 5.49. The van der Waals surface area contributed by atoms with Crippen molar-refractivity contribution >= 4 is 11.8 Å². The molecule has 18 heavy (non-hydrogen) atoms. The Morgan fingerprint density at radius 3 is 2.67 bits per heavy atom. The molecule has 0 bridgehead atoms. The third-order valence-electron chi connectivity index (χ3n) is 2.76. The third-order valence-corrected chi connectivity index (χ3v) is 4.01. The molecule has 0 amide bonds. The Labute approximate surface area is 110 Å². The average molecular weight is 264 g/mol. The molecule has 0 fully saturated rings. The van der Waals surface area contributed by atoms with E-state index in [1.54, 1.807) is 4.68 Å². The lowest BCUT2D eigenvalue weighted by Gasteiger charge is -2.26. The highest BCUT2D eigenvalue weighted by molar-refractivity contribution is 7.99. The molecule has 0 saturated carbocycles. The lowest BCUT2D eigenvalue weighted by molar-refractivity contribution is 0.0720. The predicted octanol–water partition coefficient (Wildman–Crippen LogP) is 0.754. The maximum absolute atomic E-state index is 10.6. The van der Waals surface area contributed by atoms with Gasteiger partial charge in [-0.3, -0.25) is 0 Å². The van der Waals surface area contributed by atoms with E-state index in [-0.39, 0.29) is 6.54 Å². The van der Waals surface area contributed by atoms with Crippen molar-refractivity contribution in [2.24, 2.45) is 12.8 Å². The Bertz CT molecular complexity index is 502. The fourth-order valence-electron chi connectivity index (χ4n) is 1.61. The van der Waals surface area contributed by atoms with Crippen molar-refractivity contribution in [2.75, 3.05) is 12.3 Å². The summed E-state index contributed by atoms with van der Waals surface area (Å²) in [5, 5.41) is 15.3. The fourth-order valence-corrected chi connectivity index (χ4v) is 2.62. The first-order valence-corrected chi connectivity index (χ1v) is 6.59. The molecule has 0 aliphatic heterocycles. The molecule has 1 atom stereocenters. The largest absolute Gasteiger partial charge is 0.383 e. The molecule has 3 N–H and O–H groups in total. The number of hydrogen-bond donors (Lipinski definition) is 2. The van der Waals surface area contributed by atoms with E-state index in [1.165, 1.54) is 18.1 Å². The number of aliphatic hydroxyl groups is 1. The van der Waals surface area contributed by atoms with Crippen LogP contribution >= 0.6 is 11.8 Å². The molecule has 1 aromatic heterocycles. The molecule has 5 nitrogen and oxygen atoms in total. The zero-order valence-electron chi connectivity index (χ0n) is 10.2. The van der Waals surface area contributed by atoms with Crippen LogP contribution in [0, 0.1) is 0 Å². The van der Waals surface area contributed by atoms with Crippen molar-refractivity contribution in [1.29, 1.82) is 0 Å². The molecular formula is C12H16N4OS. The second-order valence-corrected chi connectivity index (χ2v) is 5.00. The standard InChI is InChI=1S/C12H16N4OS/c1-16-11(14-9-15-16)18-8-12(17,7-13)10-5-3-2-4-6-10/h2-6,9,17H,7-8,13H2,1H3. The Kier molecular flexibility index (Phi) is 4.00. The summed E-state index contributed by atoms with van der Waals surface area (Å²) in [4.78, 5) is 4.11. The number of thioether (sulfide) groups is 1. The highest BCUT2D eigenvalue weighted by atomic mass is 32.2. The van der Waals surface area contributed by atoms with E-state index < -0.39 is 5.60 Å². The Hall–Kier alpha value is -1.37. The van der Waals surface area contributed by atoms with Gasteiger partial charge in [-0.05, 0) is 5.56 Å². The second-order valence-electron chi connectivity index (χ2n) is 4.06. The number of aromatic nitrogens is 3. The molecule has 0 spiro atoms. The number of nitrogens with two attached hydrogens (primary N) is 1. The van der Waals surface area contributed by atoms with Crippen molar-refractivity contribution in [1.82, 2.24) is 14.8 Å². The first-order chi connectivity index (χ1) is 8.65. The predicted molar refractivity (Wildman–Crippen MR) is 71.1 cm³/mol. The van der Waals surface area contributed by atoms with Gasteiger partial charge in [-0.2, -0.15) is 5.10 Å². The van der Waals surface area contributed by atoms with Crippen molar-refractivity contribution in [2.45, 2.75) is 10.8 Å². The van der Waals surface area contributed by atoms with Crippen molar-refractivity contribution in [3.05, 3.63) is 42.2 Å². The molecule has 96 valence electrons. The van der Waals surface area contributed by atoms with Crippen LogP contribution in [0.2, 0.25) is 0 Å². The summed E-state index contributed by atoms with van der Waals surface area (Å²) < 4.78 is 1.67. The van der Waals surface area contributed by atoms with Crippen LogP contribution in [0.25, 0.3) is 0 Å². The SMILES string of the molecule is Cn1ncnc1SCC(O)(CN)c1ccccc1. The molecule has 1 unspecified atom stereocenters. The van der Waals surface area contributed by atoms with Crippen LogP contribution in [0.4, 0.5) is 0 Å². The monoisotopic (exact) mass is 264 g/mol. The summed E-state index contributed by atoms with van der Waals surface area (Å²) in [7, 11) is 1.82. The van der Waals surface area contributed by atoms with E-state index in [1.807, 2.05) is 37.4 Å². The van der Waals surface area contributed by atoms with Gasteiger partial charge in [-0.25, -0.2) is 9.67 Å². The van der Waals surface area contributed by atoms with Gasteiger partial charge in [0.15, 0.2) is 5.16 Å². The van der Waals surface area contributed by atoms with Crippen molar-refractivity contribution in [3.8, 4) is 0 Å². The van der Waals surface area contributed by atoms with Gasteiger partial charge in [0, 0.05) is 19.3 Å². The highest BCUT2D eigenvalue weighted by Crippen LogP contribution is 2.27. The normalized spacial score (nSPS) is 14.4. The Morgan fingerprint density at radius 1 is 1.39 bits per heavy atom. The number of rotatable bonds is 5. The van der Waals surface area contributed by atoms with Crippen LogP contribution in [0.1, 0.15) is 5.56 Å². The van der Waals surface area contributed by atoms with Crippen LogP contribution in [0.3, 0.4) is 0 Å². The van der Waals surface area contributed by atoms with Crippen LogP contribution in [-0.2, 0) is 12.6 Å². The minimum atomic E-state index is -1.04. The lowest BCUT2D eigenvalue weighted by Crippen LogP contribution is -2.37. The molecule has 0 aliphatic rings. The molecule has 2 aromatic rings. The minimum absolute atomic E-state index is 0.169. The maximum Gasteiger partial charge on any atom is 0.185 e. The summed E-state index contributed by atoms with van der Waals surface area (Å²) in [6.07, 6.45) is 1.49. The van der Waals surface area contributed by atoms with Gasteiger partial charge < -0.3 is 10.8 Å². The molecule has 6 heteroatoms.